The second-order valence-electron chi connectivity index (χ2n) is 3.61. The van der Waals surface area contributed by atoms with Crippen molar-refractivity contribution in [3.8, 4) is 0 Å². The zero-order valence-electron chi connectivity index (χ0n) is 10.1. The molecule has 0 aromatic carbocycles. The Labute approximate surface area is 95.8 Å². The molecule has 0 aliphatic carbocycles. The van der Waals surface area contributed by atoms with Gasteiger partial charge < -0.3 is 9.73 Å². The molecule has 90 valence electrons. The topological polar surface area (TPSA) is 58.4 Å². The van der Waals surface area contributed by atoms with Crippen LogP contribution in [0.2, 0.25) is 0 Å². The van der Waals surface area contributed by atoms with Crippen LogP contribution in [0.25, 0.3) is 0 Å². The molecule has 0 radical (unpaired) electrons. The molecule has 16 heavy (non-hydrogen) atoms. The molecule has 0 atom stereocenters. The van der Waals surface area contributed by atoms with Crippen molar-refractivity contribution in [2.75, 3.05) is 18.0 Å². The van der Waals surface area contributed by atoms with Gasteiger partial charge in [-0.3, -0.25) is 0 Å². The van der Waals surface area contributed by atoms with Crippen LogP contribution < -0.4 is 10.2 Å². The Kier molecular flexibility index (Phi) is 4.82. The Morgan fingerprint density at radius 1 is 1.56 bits per heavy atom. The van der Waals surface area contributed by atoms with Crippen molar-refractivity contribution in [1.29, 1.82) is 0 Å². The highest BCUT2D eigenvalue weighted by Gasteiger charge is 2.18. The summed E-state index contributed by atoms with van der Waals surface area (Å²) in [5.74, 6) is 0. The zero-order chi connectivity index (χ0) is 12.0. The average molecular weight is 225 g/mol. The minimum atomic E-state index is -0.155. The Bertz CT molecular complexity index is 336. The summed E-state index contributed by atoms with van der Waals surface area (Å²) >= 11 is 0. The number of urea groups is 1. The van der Waals surface area contributed by atoms with Gasteiger partial charge in [0.1, 0.15) is 6.26 Å². The van der Waals surface area contributed by atoms with E-state index in [9.17, 15) is 4.79 Å². The van der Waals surface area contributed by atoms with E-state index in [0.29, 0.717) is 19.1 Å². The molecule has 5 nitrogen and oxygen atoms in total. The van der Waals surface area contributed by atoms with Crippen LogP contribution in [0.3, 0.4) is 0 Å². The van der Waals surface area contributed by atoms with Crippen molar-refractivity contribution in [1.82, 2.24) is 10.3 Å². The number of aryl methyl sites for hydroxylation is 1. The van der Waals surface area contributed by atoms with E-state index >= 15 is 0 Å². The minimum absolute atomic E-state index is 0.155. The van der Waals surface area contributed by atoms with Crippen LogP contribution >= 0.6 is 0 Å². The van der Waals surface area contributed by atoms with Crippen molar-refractivity contribution >= 4 is 12.0 Å². The first-order chi connectivity index (χ1) is 7.69. The predicted molar refractivity (Wildman–Crippen MR) is 62.6 cm³/mol. The van der Waals surface area contributed by atoms with Gasteiger partial charge in [0.25, 0.3) is 0 Å². The summed E-state index contributed by atoms with van der Waals surface area (Å²) in [6.45, 7) is 7.03. The van der Waals surface area contributed by atoms with Gasteiger partial charge in [-0.2, -0.15) is 4.98 Å². The number of unbranched alkanes of at least 4 members (excludes halogenated alkanes) is 1. The maximum atomic E-state index is 11.8. The average Bonchev–Trinajstić information content (AvgIpc) is 2.66. The molecule has 1 rings (SSSR count). The van der Waals surface area contributed by atoms with Gasteiger partial charge in [-0.1, -0.05) is 13.3 Å². The number of hydrogen-bond donors (Lipinski definition) is 1. The monoisotopic (exact) mass is 225 g/mol. The molecular formula is C11H19N3O2. The van der Waals surface area contributed by atoms with Gasteiger partial charge in [0.05, 0.1) is 5.69 Å². The fourth-order valence-electron chi connectivity index (χ4n) is 1.31. The van der Waals surface area contributed by atoms with Gasteiger partial charge >= 0.3 is 12.0 Å². The molecule has 1 N–H and O–H groups in total. The van der Waals surface area contributed by atoms with Crippen molar-refractivity contribution in [2.45, 2.75) is 33.6 Å². The van der Waals surface area contributed by atoms with Gasteiger partial charge in [-0.05, 0) is 20.3 Å². The van der Waals surface area contributed by atoms with E-state index in [-0.39, 0.29) is 6.03 Å². The smallest absolute Gasteiger partial charge is 0.325 e. The summed E-state index contributed by atoms with van der Waals surface area (Å²) in [6.07, 6.45) is 3.50. The van der Waals surface area contributed by atoms with E-state index in [2.05, 4.69) is 17.2 Å². The largest absolute Gasteiger partial charge is 0.431 e. The van der Waals surface area contributed by atoms with Gasteiger partial charge in [0, 0.05) is 13.1 Å². The molecule has 0 unspecified atom stereocenters. The van der Waals surface area contributed by atoms with E-state index in [0.717, 1.165) is 18.5 Å². The highest BCUT2D eigenvalue weighted by molar-refractivity contribution is 5.89. The molecule has 0 spiro atoms. The second kappa shape index (κ2) is 6.15. The number of carbonyl (C=O) groups is 1. The van der Waals surface area contributed by atoms with Crippen molar-refractivity contribution in [2.24, 2.45) is 0 Å². The molecule has 0 aliphatic rings. The van der Waals surface area contributed by atoms with E-state index < -0.39 is 0 Å². The number of aromatic nitrogens is 1. The van der Waals surface area contributed by atoms with Crippen LogP contribution in [0.1, 0.15) is 32.4 Å². The summed E-state index contributed by atoms with van der Waals surface area (Å²) < 4.78 is 5.24. The second-order valence-corrected chi connectivity index (χ2v) is 3.61. The number of oxazole rings is 1. The lowest BCUT2D eigenvalue weighted by Gasteiger charge is -2.18. The molecular weight excluding hydrogens is 206 g/mol. The normalized spacial score (nSPS) is 10.2. The first kappa shape index (κ1) is 12.5. The predicted octanol–water partition coefficient (Wildman–Crippen LogP) is 2.32. The van der Waals surface area contributed by atoms with Crippen LogP contribution in [-0.4, -0.2) is 24.1 Å². The fraction of sp³-hybridized carbons (Fsp3) is 0.636. The number of rotatable bonds is 5. The summed E-state index contributed by atoms with van der Waals surface area (Å²) in [4.78, 5) is 17.5. The fourth-order valence-corrected chi connectivity index (χ4v) is 1.31. The standard InChI is InChI=1S/C11H19N3O2/c1-4-6-7-14(10(15)12-5-2)11-13-9(3)8-16-11/h8H,4-7H2,1-3H3,(H,12,15). The van der Waals surface area contributed by atoms with Crippen LogP contribution in [0.5, 0.6) is 0 Å². The van der Waals surface area contributed by atoms with Crippen molar-refractivity contribution in [3.63, 3.8) is 0 Å². The third-order valence-corrected chi connectivity index (χ3v) is 2.15. The van der Waals surface area contributed by atoms with Crippen molar-refractivity contribution < 1.29 is 9.21 Å². The quantitative estimate of drug-likeness (QED) is 0.836. The maximum Gasteiger partial charge on any atom is 0.325 e. The summed E-state index contributed by atoms with van der Waals surface area (Å²) in [7, 11) is 0. The van der Waals surface area contributed by atoms with Gasteiger partial charge in [-0.25, -0.2) is 9.69 Å². The van der Waals surface area contributed by atoms with Crippen molar-refractivity contribution in [3.05, 3.63) is 12.0 Å². The molecule has 0 bridgehead atoms. The lowest BCUT2D eigenvalue weighted by atomic mass is 10.3. The van der Waals surface area contributed by atoms with Gasteiger partial charge in [0.2, 0.25) is 0 Å². The van der Waals surface area contributed by atoms with E-state index in [1.54, 1.807) is 11.2 Å². The van der Waals surface area contributed by atoms with Crippen LogP contribution in [-0.2, 0) is 0 Å². The summed E-state index contributed by atoms with van der Waals surface area (Å²) in [6, 6.07) is 0.217. The number of carbonyl (C=O) groups excluding carboxylic acids is 1. The molecule has 1 aromatic rings. The maximum absolute atomic E-state index is 11.8. The molecule has 0 fully saturated rings. The zero-order valence-corrected chi connectivity index (χ0v) is 10.1. The Balaban J connectivity index is 2.74. The molecule has 0 saturated heterocycles. The summed E-state index contributed by atoms with van der Waals surface area (Å²) in [5, 5.41) is 2.75. The molecule has 1 heterocycles. The lowest BCUT2D eigenvalue weighted by Crippen LogP contribution is -2.40. The molecule has 1 aromatic heterocycles. The molecule has 0 aliphatic heterocycles. The highest BCUT2D eigenvalue weighted by Crippen LogP contribution is 2.14. The lowest BCUT2D eigenvalue weighted by molar-refractivity contribution is 0.245. The third-order valence-electron chi connectivity index (χ3n) is 2.15. The third kappa shape index (κ3) is 3.25. The Morgan fingerprint density at radius 3 is 2.81 bits per heavy atom. The summed E-state index contributed by atoms with van der Waals surface area (Å²) in [5.41, 5.74) is 0.779. The van der Waals surface area contributed by atoms with E-state index in [1.807, 2.05) is 13.8 Å². The van der Waals surface area contributed by atoms with Crippen LogP contribution in [0, 0.1) is 6.92 Å². The number of nitrogens with one attached hydrogen (secondary N) is 1. The van der Waals surface area contributed by atoms with Crippen LogP contribution in [0.4, 0.5) is 10.8 Å². The van der Waals surface area contributed by atoms with Gasteiger partial charge in [-0.15, -0.1) is 0 Å². The molecule has 0 saturated carbocycles. The number of hydrogen-bond acceptors (Lipinski definition) is 3. The minimum Gasteiger partial charge on any atom is -0.431 e. The van der Waals surface area contributed by atoms with E-state index in [4.69, 9.17) is 4.42 Å². The highest BCUT2D eigenvalue weighted by atomic mass is 16.4. The SMILES string of the molecule is CCCCN(C(=O)NCC)c1nc(C)co1. The Hall–Kier alpha value is -1.52. The first-order valence-corrected chi connectivity index (χ1v) is 5.66. The van der Waals surface area contributed by atoms with E-state index in [1.165, 1.54) is 0 Å². The number of anilines is 1. The number of nitrogens with zero attached hydrogens (tertiary/aromatic N) is 2. The van der Waals surface area contributed by atoms with Gasteiger partial charge in [0.15, 0.2) is 0 Å². The first-order valence-electron chi connectivity index (χ1n) is 5.66. The Morgan fingerprint density at radius 2 is 2.31 bits per heavy atom. The van der Waals surface area contributed by atoms with Crippen LogP contribution in [0.15, 0.2) is 10.7 Å². The molecule has 2 amide bonds. The number of amides is 2. The molecule has 5 heteroatoms.